The molecule has 0 atom stereocenters. The highest BCUT2D eigenvalue weighted by Crippen LogP contribution is 2.19. The van der Waals surface area contributed by atoms with Gasteiger partial charge in [-0.3, -0.25) is 4.79 Å². The van der Waals surface area contributed by atoms with Crippen LogP contribution in [0.4, 0.5) is 0 Å². The molecular weight excluding hydrogens is 202 g/mol. The first-order chi connectivity index (χ1) is 7.37. The Morgan fingerprint density at radius 2 is 2.06 bits per heavy atom. The van der Waals surface area contributed by atoms with Crippen molar-refractivity contribution in [2.24, 2.45) is 5.41 Å². The maximum atomic E-state index is 11.2. The molecule has 4 heteroatoms. The van der Waals surface area contributed by atoms with Crippen molar-refractivity contribution in [3.8, 4) is 6.07 Å². The number of hydrogen-bond donors (Lipinski definition) is 2. The number of carbonyl (C=O) groups excluding carboxylic acids is 1. The summed E-state index contributed by atoms with van der Waals surface area (Å²) >= 11 is 0. The lowest BCUT2D eigenvalue weighted by Crippen LogP contribution is -2.38. The first kappa shape index (κ1) is 14.9. The predicted molar refractivity (Wildman–Crippen MR) is 64.8 cm³/mol. The molecule has 0 spiro atoms. The molecule has 0 aliphatic heterocycles. The summed E-state index contributed by atoms with van der Waals surface area (Å²) in [6, 6.07) is 2.45. The minimum absolute atomic E-state index is 0.0227. The number of nitrogens with zero attached hydrogens (tertiary/aromatic N) is 1. The molecule has 0 aromatic carbocycles. The van der Waals surface area contributed by atoms with Gasteiger partial charge in [0.05, 0.1) is 18.0 Å². The van der Waals surface area contributed by atoms with E-state index in [1.54, 1.807) is 0 Å². The van der Waals surface area contributed by atoms with Crippen LogP contribution in [0.5, 0.6) is 0 Å². The zero-order valence-corrected chi connectivity index (χ0v) is 10.8. The molecule has 0 aromatic rings. The molecule has 0 aromatic heterocycles. The van der Waals surface area contributed by atoms with E-state index in [0.717, 1.165) is 19.4 Å². The Kier molecular flexibility index (Phi) is 6.75. The van der Waals surface area contributed by atoms with Crippen LogP contribution in [0.15, 0.2) is 0 Å². The molecular formula is C12H23N3O. The Bertz CT molecular complexity index is 253. The normalized spacial score (nSPS) is 11.2. The van der Waals surface area contributed by atoms with Crippen molar-refractivity contribution in [1.29, 1.82) is 5.26 Å². The van der Waals surface area contributed by atoms with Gasteiger partial charge in [-0.2, -0.15) is 5.26 Å². The van der Waals surface area contributed by atoms with Gasteiger partial charge in [-0.1, -0.05) is 0 Å². The van der Waals surface area contributed by atoms with E-state index in [1.165, 1.54) is 0 Å². The topological polar surface area (TPSA) is 64.9 Å². The second-order valence-electron chi connectivity index (χ2n) is 5.00. The largest absolute Gasteiger partial charge is 0.353 e. The zero-order chi connectivity index (χ0) is 12.6. The van der Waals surface area contributed by atoms with Gasteiger partial charge in [-0.05, 0) is 47.1 Å². The molecule has 1 amide bonds. The van der Waals surface area contributed by atoms with Crippen LogP contribution in [0.2, 0.25) is 0 Å². The van der Waals surface area contributed by atoms with Gasteiger partial charge in [-0.15, -0.1) is 0 Å². The van der Waals surface area contributed by atoms with Gasteiger partial charge in [0, 0.05) is 6.04 Å². The van der Waals surface area contributed by atoms with Crippen molar-refractivity contribution in [2.75, 3.05) is 13.1 Å². The summed E-state index contributed by atoms with van der Waals surface area (Å²) in [5.41, 5.74) is -0.262. The fourth-order valence-corrected chi connectivity index (χ4v) is 1.29. The third-order valence-electron chi connectivity index (χ3n) is 2.19. The van der Waals surface area contributed by atoms with Crippen LogP contribution in [0, 0.1) is 16.7 Å². The average Bonchev–Trinajstić information content (AvgIpc) is 2.16. The fourth-order valence-electron chi connectivity index (χ4n) is 1.29. The molecule has 0 heterocycles. The number of rotatable bonds is 7. The standard InChI is InChI=1S/C12H23N3O/c1-10(2)15-11(16)8-14-7-5-6-12(3,4)9-13/h10,14H,5-8H2,1-4H3,(H,15,16). The molecule has 2 N–H and O–H groups in total. The molecule has 0 rings (SSSR count). The van der Waals surface area contributed by atoms with Crippen LogP contribution in [0.3, 0.4) is 0 Å². The quantitative estimate of drug-likeness (QED) is 0.644. The van der Waals surface area contributed by atoms with Crippen molar-refractivity contribution in [3.05, 3.63) is 0 Å². The summed E-state index contributed by atoms with van der Waals surface area (Å²) in [7, 11) is 0. The number of amides is 1. The molecule has 0 aliphatic carbocycles. The van der Waals surface area contributed by atoms with Gasteiger partial charge in [0.1, 0.15) is 0 Å². The SMILES string of the molecule is CC(C)NC(=O)CNCCCC(C)(C)C#N. The first-order valence-corrected chi connectivity index (χ1v) is 5.79. The summed E-state index contributed by atoms with van der Waals surface area (Å²) in [5, 5.41) is 14.7. The summed E-state index contributed by atoms with van der Waals surface area (Å²) in [6.07, 6.45) is 1.76. The van der Waals surface area contributed by atoms with Crippen molar-refractivity contribution in [3.63, 3.8) is 0 Å². The molecule has 0 aliphatic rings. The maximum absolute atomic E-state index is 11.2. The number of carbonyl (C=O) groups is 1. The summed E-state index contributed by atoms with van der Waals surface area (Å²) in [5.74, 6) is 0.0227. The van der Waals surface area contributed by atoms with E-state index in [9.17, 15) is 4.79 Å². The predicted octanol–water partition coefficient (Wildman–Crippen LogP) is 1.43. The smallest absolute Gasteiger partial charge is 0.234 e. The Balaban J connectivity index is 3.48. The van der Waals surface area contributed by atoms with E-state index in [1.807, 2.05) is 27.7 Å². The van der Waals surface area contributed by atoms with E-state index < -0.39 is 0 Å². The van der Waals surface area contributed by atoms with E-state index in [0.29, 0.717) is 6.54 Å². The lowest BCUT2D eigenvalue weighted by molar-refractivity contribution is -0.120. The summed E-state index contributed by atoms with van der Waals surface area (Å²) in [4.78, 5) is 11.2. The zero-order valence-electron chi connectivity index (χ0n) is 10.8. The van der Waals surface area contributed by atoms with Crippen LogP contribution in [0.1, 0.15) is 40.5 Å². The van der Waals surface area contributed by atoms with Crippen molar-refractivity contribution in [2.45, 2.75) is 46.6 Å². The fraction of sp³-hybridized carbons (Fsp3) is 0.833. The minimum Gasteiger partial charge on any atom is -0.353 e. The average molecular weight is 225 g/mol. The number of nitriles is 1. The van der Waals surface area contributed by atoms with Crippen LogP contribution >= 0.6 is 0 Å². The monoisotopic (exact) mass is 225 g/mol. The molecule has 0 saturated heterocycles. The second kappa shape index (κ2) is 7.24. The van der Waals surface area contributed by atoms with E-state index in [4.69, 9.17) is 5.26 Å². The van der Waals surface area contributed by atoms with Gasteiger partial charge in [-0.25, -0.2) is 0 Å². The lowest BCUT2D eigenvalue weighted by atomic mass is 9.90. The lowest BCUT2D eigenvalue weighted by Gasteiger charge is -2.14. The molecule has 0 saturated carbocycles. The molecule has 4 nitrogen and oxygen atoms in total. The number of hydrogen-bond acceptors (Lipinski definition) is 3. The number of nitrogens with one attached hydrogen (secondary N) is 2. The van der Waals surface area contributed by atoms with E-state index in [-0.39, 0.29) is 17.4 Å². The molecule has 92 valence electrons. The van der Waals surface area contributed by atoms with Gasteiger partial charge < -0.3 is 10.6 Å². The highest BCUT2D eigenvalue weighted by molar-refractivity contribution is 5.78. The molecule has 0 bridgehead atoms. The molecule has 0 unspecified atom stereocenters. The van der Waals surface area contributed by atoms with Crippen molar-refractivity contribution >= 4 is 5.91 Å². The molecule has 0 fully saturated rings. The van der Waals surface area contributed by atoms with Crippen LogP contribution in [-0.4, -0.2) is 25.0 Å². The van der Waals surface area contributed by atoms with E-state index >= 15 is 0 Å². The van der Waals surface area contributed by atoms with Crippen molar-refractivity contribution in [1.82, 2.24) is 10.6 Å². The maximum Gasteiger partial charge on any atom is 0.234 e. The minimum atomic E-state index is -0.262. The van der Waals surface area contributed by atoms with Gasteiger partial charge >= 0.3 is 0 Å². The highest BCUT2D eigenvalue weighted by atomic mass is 16.1. The molecule has 0 radical (unpaired) electrons. The Morgan fingerprint density at radius 3 is 2.56 bits per heavy atom. The first-order valence-electron chi connectivity index (χ1n) is 5.79. The van der Waals surface area contributed by atoms with Crippen LogP contribution in [0.25, 0.3) is 0 Å². The Hall–Kier alpha value is -1.08. The van der Waals surface area contributed by atoms with Crippen LogP contribution in [-0.2, 0) is 4.79 Å². The van der Waals surface area contributed by atoms with E-state index in [2.05, 4.69) is 16.7 Å². The second-order valence-corrected chi connectivity index (χ2v) is 5.00. The van der Waals surface area contributed by atoms with Gasteiger partial charge in [0.15, 0.2) is 0 Å². The summed E-state index contributed by atoms with van der Waals surface area (Å²) in [6.45, 7) is 8.86. The summed E-state index contributed by atoms with van der Waals surface area (Å²) < 4.78 is 0. The van der Waals surface area contributed by atoms with Crippen LogP contribution < -0.4 is 10.6 Å². The van der Waals surface area contributed by atoms with Gasteiger partial charge in [0.2, 0.25) is 5.91 Å². The molecule has 16 heavy (non-hydrogen) atoms. The highest BCUT2D eigenvalue weighted by Gasteiger charge is 2.15. The Labute approximate surface area is 98.4 Å². The Morgan fingerprint density at radius 1 is 1.44 bits per heavy atom. The van der Waals surface area contributed by atoms with Gasteiger partial charge in [0.25, 0.3) is 0 Å². The van der Waals surface area contributed by atoms with Crippen molar-refractivity contribution < 1.29 is 4.79 Å². The third-order valence-corrected chi connectivity index (χ3v) is 2.19. The third kappa shape index (κ3) is 8.25.